The molecule has 1 aliphatic rings. The second-order valence-corrected chi connectivity index (χ2v) is 7.37. The zero-order valence-corrected chi connectivity index (χ0v) is 15.4. The summed E-state index contributed by atoms with van der Waals surface area (Å²) in [6.07, 6.45) is 3.15. The molecular formula is C19H26N2O2S. The van der Waals surface area contributed by atoms with Crippen LogP contribution < -0.4 is 5.63 Å². The van der Waals surface area contributed by atoms with Crippen molar-refractivity contribution in [1.29, 1.82) is 0 Å². The average Bonchev–Trinajstić information content (AvgIpc) is 2.60. The highest BCUT2D eigenvalue weighted by molar-refractivity contribution is 7.98. The van der Waals surface area contributed by atoms with Gasteiger partial charge in [0, 0.05) is 56.5 Å². The molecule has 1 aromatic heterocycles. The molecule has 4 nitrogen and oxygen atoms in total. The predicted octanol–water partition coefficient (Wildman–Crippen LogP) is 2.84. The van der Waals surface area contributed by atoms with E-state index in [9.17, 15) is 4.79 Å². The lowest BCUT2D eigenvalue weighted by Gasteiger charge is -2.34. The monoisotopic (exact) mass is 346 g/mol. The van der Waals surface area contributed by atoms with Gasteiger partial charge in [0.25, 0.3) is 0 Å². The molecule has 0 saturated carbocycles. The van der Waals surface area contributed by atoms with E-state index in [1.54, 1.807) is 6.07 Å². The summed E-state index contributed by atoms with van der Waals surface area (Å²) in [7, 11) is 0. The maximum absolute atomic E-state index is 11.9. The normalized spacial score (nSPS) is 16.8. The van der Waals surface area contributed by atoms with Gasteiger partial charge in [-0.15, -0.1) is 0 Å². The number of thioether (sulfide) groups is 1. The molecule has 0 spiro atoms. The summed E-state index contributed by atoms with van der Waals surface area (Å²) in [5.74, 6) is 1.20. The van der Waals surface area contributed by atoms with Crippen molar-refractivity contribution in [3.05, 3.63) is 45.8 Å². The van der Waals surface area contributed by atoms with E-state index in [1.165, 1.54) is 17.9 Å². The summed E-state index contributed by atoms with van der Waals surface area (Å²) in [5.41, 5.74) is 2.82. The van der Waals surface area contributed by atoms with Gasteiger partial charge in [0.05, 0.1) is 0 Å². The van der Waals surface area contributed by atoms with Crippen molar-refractivity contribution < 1.29 is 4.42 Å². The molecule has 0 N–H and O–H groups in total. The van der Waals surface area contributed by atoms with E-state index < -0.39 is 0 Å². The Hall–Kier alpha value is -1.30. The van der Waals surface area contributed by atoms with Crippen molar-refractivity contribution in [3.8, 4) is 0 Å². The molecule has 1 fully saturated rings. The van der Waals surface area contributed by atoms with Gasteiger partial charge < -0.3 is 4.42 Å². The van der Waals surface area contributed by atoms with E-state index in [0.29, 0.717) is 5.58 Å². The average molecular weight is 346 g/mol. The second-order valence-electron chi connectivity index (χ2n) is 6.39. The molecule has 0 atom stereocenters. The smallest absolute Gasteiger partial charge is 0.336 e. The van der Waals surface area contributed by atoms with Gasteiger partial charge in [0.1, 0.15) is 5.58 Å². The van der Waals surface area contributed by atoms with E-state index in [-0.39, 0.29) is 5.63 Å². The third-order valence-corrected chi connectivity index (χ3v) is 5.36. The van der Waals surface area contributed by atoms with Crippen molar-refractivity contribution in [3.63, 3.8) is 0 Å². The number of piperazine rings is 1. The molecular weight excluding hydrogens is 320 g/mol. The second kappa shape index (κ2) is 8.19. The first-order chi connectivity index (χ1) is 11.7. The minimum absolute atomic E-state index is 0.250. The molecule has 1 aliphatic heterocycles. The summed E-state index contributed by atoms with van der Waals surface area (Å²) in [5, 5.41) is 1.08. The number of fused-ring (bicyclic) bond motifs is 1. The molecule has 0 amide bonds. The van der Waals surface area contributed by atoms with Crippen LogP contribution in [-0.4, -0.2) is 54.5 Å². The molecule has 1 aromatic carbocycles. The zero-order chi connectivity index (χ0) is 16.9. The number of rotatable bonds is 6. The highest BCUT2D eigenvalue weighted by atomic mass is 32.2. The van der Waals surface area contributed by atoms with E-state index >= 15 is 0 Å². The lowest BCUT2D eigenvalue weighted by atomic mass is 10.0. The van der Waals surface area contributed by atoms with Crippen LogP contribution in [0, 0.1) is 0 Å². The van der Waals surface area contributed by atoms with Gasteiger partial charge in [-0.3, -0.25) is 9.80 Å². The third-order valence-electron chi connectivity index (χ3n) is 4.77. The molecule has 24 heavy (non-hydrogen) atoms. The van der Waals surface area contributed by atoms with E-state index in [2.05, 4.69) is 29.0 Å². The summed E-state index contributed by atoms with van der Waals surface area (Å²) in [4.78, 5) is 16.8. The van der Waals surface area contributed by atoms with Gasteiger partial charge in [-0.05, 0) is 35.9 Å². The first-order valence-corrected chi connectivity index (χ1v) is 10.1. The summed E-state index contributed by atoms with van der Waals surface area (Å²) < 4.78 is 5.37. The molecule has 0 bridgehead atoms. The van der Waals surface area contributed by atoms with Crippen molar-refractivity contribution >= 4 is 22.7 Å². The molecule has 5 heteroatoms. The van der Waals surface area contributed by atoms with Crippen LogP contribution in [0.4, 0.5) is 0 Å². The number of aryl methyl sites for hydroxylation is 1. The molecule has 3 rings (SSSR count). The van der Waals surface area contributed by atoms with Crippen LogP contribution in [0.2, 0.25) is 0 Å². The first-order valence-electron chi connectivity index (χ1n) is 8.69. The lowest BCUT2D eigenvalue weighted by molar-refractivity contribution is 0.133. The summed E-state index contributed by atoms with van der Waals surface area (Å²) >= 11 is 1.90. The maximum Gasteiger partial charge on any atom is 0.336 e. The number of hydrogen-bond donors (Lipinski definition) is 0. The van der Waals surface area contributed by atoms with Crippen molar-refractivity contribution in [2.24, 2.45) is 0 Å². The Bertz CT molecular complexity index is 736. The Morgan fingerprint density at radius 1 is 1.12 bits per heavy atom. The molecule has 0 aliphatic carbocycles. The molecule has 0 radical (unpaired) electrons. The van der Waals surface area contributed by atoms with Gasteiger partial charge in [0.15, 0.2) is 0 Å². The fourth-order valence-electron chi connectivity index (χ4n) is 3.26. The Kier molecular flexibility index (Phi) is 5.98. The summed E-state index contributed by atoms with van der Waals surface area (Å²) in [6.45, 7) is 8.49. The minimum Gasteiger partial charge on any atom is -0.423 e. The van der Waals surface area contributed by atoms with Crippen molar-refractivity contribution in [2.75, 3.05) is 44.7 Å². The molecule has 2 aromatic rings. The predicted molar refractivity (Wildman–Crippen MR) is 102 cm³/mol. The highest BCUT2D eigenvalue weighted by Gasteiger charge is 2.18. The molecule has 0 unspecified atom stereocenters. The first kappa shape index (κ1) is 17.5. The van der Waals surface area contributed by atoms with Crippen LogP contribution in [0.5, 0.6) is 0 Å². The number of hydrogen-bond acceptors (Lipinski definition) is 5. The van der Waals surface area contributed by atoms with Gasteiger partial charge in [0.2, 0.25) is 0 Å². The maximum atomic E-state index is 11.9. The van der Waals surface area contributed by atoms with E-state index in [1.807, 2.05) is 23.9 Å². The Balaban J connectivity index is 1.74. The highest BCUT2D eigenvalue weighted by Crippen LogP contribution is 2.21. The quantitative estimate of drug-likeness (QED) is 0.752. The van der Waals surface area contributed by atoms with Gasteiger partial charge in [-0.1, -0.05) is 13.0 Å². The Labute approximate surface area is 147 Å². The zero-order valence-electron chi connectivity index (χ0n) is 14.6. The fraction of sp³-hybridized carbons (Fsp3) is 0.526. The van der Waals surface area contributed by atoms with Crippen LogP contribution in [0.1, 0.15) is 18.1 Å². The van der Waals surface area contributed by atoms with Gasteiger partial charge in [-0.25, -0.2) is 4.79 Å². The standard InChI is InChI=1S/C19H26N2O2S/c1-3-15-4-5-18-17(12-15)16(13-19(22)23-18)14-21-8-6-20(7-9-21)10-11-24-2/h4-5,12-13H,3,6-11,14H2,1-2H3. The van der Waals surface area contributed by atoms with Gasteiger partial charge >= 0.3 is 5.63 Å². The van der Waals surface area contributed by atoms with Gasteiger partial charge in [-0.2, -0.15) is 11.8 Å². The Morgan fingerprint density at radius 2 is 1.88 bits per heavy atom. The molecule has 130 valence electrons. The largest absolute Gasteiger partial charge is 0.423 e. The minimum atomic E-state index is -0.250. The lowest BCUT2D eigenvalue weighted by Crippen LogP contribution is -2.46. The van der Waals surface area contributed by atoms with E-state index in [4.69, 9.17) is 4.42 Å². The van der Waals surface area contributed by atoms with E-state index in [0.717, 1.165) is 50.1 Å². The number of benzene rings is 1. The van der Waals surface area contributed by atoms with Crippen molar-refractivity contribution in [2.45, 2.75) is 19.9 Å². The van der Waals surface area contributed by atoms with Crippen LogP contribution in [-0.2, 0) is 13.0 Å². The molecule has 1 saturated heterocycles. The van der Waals surface area contributed by atoms with Crippen LogP contribution in [0.3, 0.4) is 0 Å². The Morgan fingerprint density at radius 3 is 2.58 bits per heavy atom. The van der Waals surface area contributed by atoms with Crippen molar-refractivity contribution in [1.82, 2.24) is 9.80 Å². The SMILES string of the molecule is CCc1ccc2oc(=O)cc(CN3CCN(CCSC)CC3)c2c1. The summed E-state index contributed by atoms with van der Waals surface area (Å²) in [6, 6.07) is 7.81. The van der Waals surface area contributed by atoms with Crippen LogP contribution in [0.15, 0.2) is 33.5 Å². The van der Waals surface area contributed by atoms with Crippen LogP contribution in [0.25, 0.3) is 11.0 Å². The molecule has 2 heterocycles. The van der Waals surface area contributed by atoms with Crippen LogP contribution >= 0.6 is 11.8 Å². The third kappa shape index (κ3) is 4.21. The number of nitrogens with zero attached hydrogens (tertiary/aromatic N) is 2. The topological polar surface area (TPSA) is 36.7 Å². The fourth-order valence-corrected chi connectivity index (χ4v) is 3.70.